The van der Waals surface area contributed by atoms with Crippen molar-refractivity contribution in [1.29, 1.82) is 0 Å². The number of carbonyl (C=O) groups is 2. The highest BCUT2D eigenvalue weighted by Crippen LogP contribution is 2.32. The van der Waals surface area contributed by atoms with Crippen molar-refractivity contribution < 1.29 is 45.3 Å². The van der Waals surface area contributed by atoms with E-state index in [1.54, 1.807) is 31.2 Å². The molecule has 7 N–H and O–H groups in total. The molecule has 0 saturated carbocycles. The Morgan fingerprint density at radius 2 is 0.897 bits per heavy atom. The lowest BCUT2D eigenvalue weighted by atomic mass is 9.83. The molecule has 0 fully saturated rings. The van der Waals surface area contributed by atoms with E-state index in [9.17, 15) is 40.2 Å². The molecule has 7 unspecified atom stereocenters. The molecule has 0 saturated heterocycles. The molecule has 0 heterocycles. The minimum absolute atomic E-state index is 0.0426. The molecular formula is C30H42O9. The zero-order chi connectivity index (χ0) is 29.1. The smallest absolute Gasteiger partial charge is 0.335 e. The van der Waals surface area contributed by atoms with Gasteiger partial charge >= 0.3 is 11.9 Å². The number of aliphatic hydroxyl groups is 5. The van der Waals surface area contributed by atoms with Gasteiger partial charge in [-0.2, -0.15) is 0 Å². The SMILES string of the molecule is CCC(O)CC(O)CC(CC(O)CC(O)CC(CC(C)O)c1ccc(C(=O)O)cc1)c1ccc(C(=O)O)cc1. The predicted octanol–water partition coefficient (Wildman–Crippen LogP) is 3.53. The first-order valence-corrected chi connectivity index (χ1v) is 13.5. The third-order valence-electron chi connectivity index (χ3n) is 7.11. The normalized spacial score (nSPS) is 17.0. The van der Waals surface area contributed by atoms with Gasteiger partial charge in [0, 0.05) is 0 Å². The Bertz CT molecular complexity index is 1020. The fraction of sp³-hybridized carbons (Fsp3) is 0.533. The summed E-state index contributed by atoms with van der Waals surface area (Å²) in [4.78, 5) is 22.4. The van der Waals surface area contributed by atoms with E-state index < -0.39 is 42.5 Å². The van der Waals surface area contributed by atoms with Crippen molar-refractivity contribution in [2.24, 2.45) is 0 Å². The van der Waals surface area contributed by atoms with Crippen LogP contribution in [0.25, 0.3) is 0 Å². The lowest BCUT2D eigenvalue weighted by Gasteiger charge is -2.27. The van der Waals surface area contributed by atoms with E-state index in [-0.39, 0.29) is 55.1 Å². The van der Waals surface area contributed by atoms with Crippen LogP contribution in [0.3, 0.4) is 0 Å². The van der Waals surface area contributed by atoms with Crippen molar-refractivity contribution in [2.75, 3.05) is 0 Å². The van der Waals surface area contributed by atoms with Gasteiger partial charge in [-0.15, -0.1) is 0 Å². The van der Waals surface area contributed by atoms with Crippen LogP contribution in [0.2, 0.25) is 0 Å². The van der Waals surface area contributed by atoms with Gasteiger partial charge in [0.25, 0.3) is 0 Å². The number of carboxylic acid groups (broad SMARTS) is 2. The Balaban J connectivity index is 2.12. The van der Waals surface area contributed by atoms with Crippen LogP contribution in [0.15, 0.2) is 48.5 Å². The second-order valence-electron chi connectivity index (χ2n) is 10.5. The van der Waals surface area contributed by atoms with E-state index in [2.05, 4.69) is 0 Å². The summed E-state index contributed by atoms with van der Waals surface area (Å²) in [5.41, 5.74) is 1.78. The van der Waals surface area contributed by atoms with Crippen molar-refractivity contribution in [2.45, 2.75) is 101 Å². The number of hydrogen-bond acceptors (Lipinski definition) is 7. The first-order valence-electron chi connectivity index (χ1n) is 13.5. The van der Waals surface area contributed by atoms with Crippen molar-refractivity contribution in [3.63, 3.8) is 0 Å². The van der Waals surface area contributed by atoms with Crippen LogP contribution < -0.4 is 0 Å². The molecule has 0 amide bonds. The fourth-order valence-electron chi connectivity index (χ4n) is 5.01. The van der Waals surface area contributed by atoms with Crippen LogP contribution in [0.4, 0.5) is 0 Å². The van der Waals surface area contributed by atoms with Gasteiger partial charge in [-0.05, 0) is 99.1 Å². The molecule has 2 aromatic carbocycles. The Morgan fingerprint density at radius 3 is 1.21 bits per heavy atom. The molecule has 0 aliphatic heterocycles. The zero-order valence-corrected chi connectivity index (χ0v) is 22.6. The van der Waals surface area contributed by atoms with Gasteiger partial charge in [-0.1, -0.05) is 31.2 Å². The van der Waals surface area contributed by atoms with Gasteiger partial charge in [-0.3, -0.25) is 0 Å². The fourth-order valence-corrected chi connectivity index (χ4v) is 5.01. The summed E-state index contributed by atoms with van der Waals surface area (Å²) in [6.07, 6.45) is -2.21. The van der Waals surface area contributed by atoms with Gasteiger partial charge in [0.2, 0.25) is 0 Å². The molecule has 9 heteroatoms. The van der Waals surface area contributed by atoms with Crippen LogP contribution in [0.1, 0.15) is 102 Å². The van der Waals surface area contributed by atoms with Crippen molar-refractivity contribution >= 4 is 11.9 Å². The highest BCUT2D eigenvalue weighted by Gasteiger charge is 2.25. The summed E-state index contributed by atoms with van der Waals surface area (Å²) < 4.78 is 0. The maximum Gasteiger partial charge on any atom is 0.335 e. The molecule has 7 atom stereocenters. The van der Waals surface area contributed by atoms with Gasteiger partial charge < -0.3 is 35.7 Å². The monoisotopic (exact) mass is 546 g/mol. The number of benzene rings is 2. The maximum absolute atomic E-state index is 11.2. The molecular weight excluding hydrogens is 504 g/mol. The topological polar surface area (TPSA) is 176 Å². The van der Waals surface area contributed by atoms with Gasteiger partial charge in [0.05, 0.1) is 41.6 Å². The van der Waals surface area contributed by atoms with E-state index in [0.717, 1.165) is 11.1 Å². The summed E-state index contributed by atoms with van der Waals surface area (Å²) in [5.74, 6) is -2.70. The Morgan fingerprint density at radius 1 is 0.564 bits per heavy atom. The van der Waals surface area contributed by atoms with Gasteiger partial charge in [0.15, 0.2) is 0 Å². The third kappa shape index (κ3) is 11.1. The van der Waals surface area contributed by atoms with E-state index in [0.29, 0.717) is 12.8 Å². The highest BCUT2D eigenvalue weighted by atomic mass is 16.4. The Kier molecular flexibility index (Phi) is 13.0. The number of aromatic carboxylic acids is 2. The molecule has 9 nitrogen and oxygen atoms in total. The van der Waals surface area contributed by atoms with E-state index in [4.69, 9.17) is 5.11 Å². The second-order valence-corrected chi connectivity index (χ2v) is 10.5. The van der Waals surface area contributed by atoms with Crippen LogP contribution in [-0.4, -0.2) is 78.2 Å². The van der Waals surface area contributed by atoms with E-state index >= 15 is 0 Å². The average molecular weight is 547 g/mol. The third-order valence-corrected chi connectivity index (χ3v) is 7.11. The summed E-state index contributed by atoms with van der Waals surface area (Å²) in [6.45, 7) is 3.46. The number of carboxylic acids is 2. The van der Waals surface area contributed by atoms with Gasteiger partial charge in [-0.25, -0.2) is 9.59 Å². The number of aliphatic hydroxyl groups excluding tert-OH is 5. The molecule has 2 aromatic rings. The lowest BCUT2D eigenvalue weighted by Crippen LogP contribution is -2.25. The number of hydrogen-bond donors (Lipinski definition) is 7. The molecule has 0 aliphatic rings. The minimum Gasteiger partial charge on any atom is -0.478 e. The van der Waals surface area contributed by atoms with Crippen molar-refractivity contribution in [1.82, 2.24) is 0 Å². The maximum atomic E-state index is 11.2. The summed E-state index contributed by atoms with van der Waals surface area (Å²) >= 11 is 0. The summed E-state index contributed by atoms with van der Waals surface area (Å²) in [7, 11) is 0. The first-order chi connectivity index (χ1) is 18.4. The predicted molar refractivity (Wildman–Crippen MR) is 146 cm³/mol. The minimum atomic E-state index is -1.06. The largest absolute Gasteiger partial charge is 0.478 e. The molecule has 2 rings (SSSR count). The highest BCUT2D eigenvalue weighted by molar-refractivity contribution is 5.88. The lowest BCUT2D eigenvalue weighted by molar-refractivity contribution is 0.0465. The second kappa shape index (κ2) is 15.7. The van der Waals surface area contributed by atoms with Gasteiger partial charge in [0.1, 0.15) is 0 Å². The Hall–Kier alpha value is -2.82. The summed E-state index contributed by atoms with van der Waals surface area (Å²) in [6, 6.07) is 12.5. The van der Waals surface area contributed by atoms with Crippen LogP contribution >= 0.6 is 0 Å². The van der Waals surface area contributed by atoms with Crippen LogP contribution in [0.5, 0.6) is 0 Å². The molecule has 0 aliphatic carbocycles. The van der Waals surface area contributed by atoms with E-state index in [1.165, 1.54) is 24.3 Å². The van der Waals surface area contributed by atoms with Crippen LogP contribution in [-0.2, 0) is 0 Å². The molecule has 39 heavy (non-hydrogen) atoms. The molecule has 0 radical (unpaired) electrons. The van der Waals surface area contributed by atoms with Crippen molar-refractivity contribution in [3.8, 4) is 0 Å². The van der Waals surface area contributed by atoms with Crippen molar-refractivity contribution in [3.05, 3.63) is 70.8 Å². The Labute approximate surface area is 229 Å². The quantitative estimate of drug-likeness (QED) is 0.156. The summed E-state index contributed by atoms with van der Waals surface area (Å²) in [5, 5.41) is 70.6. The molecule has 0 spiro atoms. The molecule has 0 aromatic heterocycles. The standard InChI is InChI=1S/C30H42O9/c1-3-25(32)16-26(33)14-24(20-6-10-22(11-7-20)30(38)39)15-28(35)17-27(34)13-23(12-18(2)31)19-4-8-21(9-5-19)29(36)37/h4-11,18,23-28,31-35H,3,12-17H2,1-2H3,(H,36,37)(H,38,39). The van der Waals surface area contributed by atoms with E-state index in [1.807, 2.05) is 6.92 Å². The average Bonchev–Trinajstić information content (AvgIpc) is 2.87. The molecule has 216 valence electrons. The zero-order valence-electron chi connectivity index (χ0n) is 22.6. The number of rotatable bonds is 17. The first kappa shape index (κ1) is 32.4. The van der Waals surface area contributed by atoms with Crippen LogP contribution in [0, 0.1) is 0 Å². The molecule has 0 bridgehead atoms.